The van der Waals surface area contributed by atoms with Crippen LogP contribution in [0.5, 0.6) is 5.88 Å². The second-order valence-electron chi connectivity index (χ2n) is 11.1. The first-order valence-electron chi connectivity index (χ1n) is 13.7. The van der Waals surface area contributed by atoms with Gasteiger partial charge in [-0.15, -0.1) is 0 Å². The van der Waals surface area contributed by atoms with Crippen molar-refractivity contribution in [2.24, 2.45) is 5.92 Å². The Balaban J connectivity index is 1.74. The minimum absolute atomic E-state index is 0.192. The van der Waals surface area contributed by atoms with E-state index in [0.717, 1.165) is 50.4 Å². The molecule has 0 saturated heterocycles. The van der Waals surface area contributed by atoms with Crippen LogP contribution in [0.4, 0.5) is 0 Å². The van der Waals surface area contributed by atoms with Crippen LogP contribution in [0.3, 0.4) is 0 Å². The van der Waals surface area contributed by atoms with Gasteiger partial charge in [0.25, 0.3) is 0 Å². The van der Waals surface area contributed by atoms with E-state index in [2.05, 4.69) is 58.1 Å². The molecule has 1 fully saturated rings. The lowest BCUT2D eigenvalue weighted by atomic mass is 9.69. The first kappa shape index (κ1) is 27.0. The quantitative estimate of drug-likeness (QED) is 0.224. The van der Waals surface area contributed by atoms with Gasteiger partial charge in [-0.3, -0.25) is 4.98 Å². The standard InChI is InChI=1S/C32H38BrN3O2/c1-36(2)18-16-32(37,27-15-17-34-30-12-8-7-11-25(27)30)28(19-22-9-5-4-6-10-22)26-21-23-20-24(33)13-14-29(23)35-31(26)38-3/h7-8,11-15,17,20-22,28,37H,4-6,9-10,16,18-19H2,1-3H3. The Morgan fingerprint density at radius 1 is 1.05 bits per heavy atom. The number of aromatic nitrogens is 2. The number of fused-ring (bicyclic) bond motifs is 2. The fourth-order valence-electron chi connectivity index (χ4n) is 6.26. The van der Waals surface area contributed by atoms with Crippen LogP contribution in [0.15, 0.2) is 65.3 Å². The monoisotopic (exact) mass is 575 g/mol. The Labute approximate surface area is 234 Å². The highest BCUT2D eigenvalue weighted by Crippen LogP contribution is 2.49. The number of halogens is 1. The lowest BCUT2D eigenvalue weighted by Crippen LogP contribution is -2.38. The molecule has 200 valence electrons. The van der Waals surface area contributed by atoms with Gasteiger partial charge < -0.3 is 14.7 Å². The Hall–Kier alpha value is -2.54. The van der Waals surface area contributed by atoms with Crippen LogP contribution in [0.2, 0.25) is 0 Å². The minimum Gasteiger partial charge on any atom is -0.481 e. The molecule has 5 nitrogen and oxygen atoms in total. The van der Waals surface area contributed by atoms with Gasteiger partial charge in [0.05, 0.1) is 23.7 Å². The number of methoxy groups -OCH3 is 1. The summed E-state index contributed by atoms with van der Waals surface area (Å²) in [6.45, 7) is 0.753. The van der Waals surface area contributed by atoms with E-state index in [1.807, 2.05) is 42.6 Å². The van der Waals surface area contributed by atoms with Crippen molar-refractivity contribution in [3.63, 3.8) is 0 Å². The number of ether oxygens (including phenoxy) is 1. The predicted octanol–water partition coefficient (Wildman–Crippen LogP) is 7.45. The molecule has 2 aromatic carbocycles. The lowest BCUT2D eigenvalue weighted by molar-refractivity contribution is -0.0155. The normalized spacial score (nSPS) is 17.1. The number of para-hydroxylation sites is 1. The molecule has 1 N–H and O–H groups in total. The summed E-state index contributed by atoms with van der Waals surface area (Å²) in [6, 6.07) is 18.5. The smallest absolute Gasteiger partial charge is 0.217 e. The molecule has 2 unspecified atom stereocenters. The third-order valence-electron chi connectivity index (χ3n) is 8.26. The number of benzene rings is 2. The topological polar surface area (TPSA) is 58.5 Å². The van der Waals surface area contributed by atoms with Crippen LogP contribution in [0.1, 0.15) is 62.0 Å². The van der Waals surface area contributed by atoms with Crippen molar-refractivity contribution in [1.29, 1.82) is 0 Å². The van der Waals surface area contributed by atoms with E-state index in [9.17, 15) is 5.11 Å². The van der Waals surface area contributed by atoms with Gasteiger partial charge >= 0.3 is 0 Å². The van der Waals surface area contributed by atoms with Gasteiger partial charge in [0.15, 0.2) is 0 Å². The van der Waals surface area contributed by atoms with Crippen molar-refractivity contribution in [2.75, 3.05) is 27.7 Å². The van der Waals surface area contributed by atoms with E-state index in [1.54, 1.807) is 7.11 Å². The average molecular weight is 577 g/mol. The van der Waals surface area contributed by atoms with E-state index in [4.69, 9.17) is 9.72 Å². The van der Waals surface area contributed by atoms with Gasteiger partial charge in [-0.25, -0.2) is 4.98 Å². The van der Waals surface area contributed by atoms with Gasteiger partial charge in [-0.1, -0.05) is 66.2 Å². The highest BCUT2D eigenvalue weighted by Gasteiger charge is 2.43. The maximum absolute atomic E-state index is 13.1. The maximum atomic E-state index is 13.1. The molecule has 0 radical (unpaired) electrons. The molecule has 5 rings (SSSR count). The second-order valence-corrected chi connectivity index (χ2v) is 12.0. The van der Waals surface area contributed by atoms with E-state index < -0.39 is 5.60 Å². The van der Waals surface area contributed by atoms with E-state index in [1.165, 1.54) is 32.1 Å². The van der Waals surface area contributed by atoms with Crippen LogP contribution >= 0.6 is 15.9 Å². The molecule has 2 atom stereocenters. The molecule has 38 heavy (non-hydrogen) atoms. The molecule has 1 aliphatic rings. The van der Waals surface area contributed by atoms with E-state index in [-0.39, 0.29) is 5.92 Å². The van der Waals surface area contributed by atoms with Crippen molar-refractivity contribution >= 4 is 37.7 Å². The molecule has 0 aliphatic heterocycles. The van der Waals surface area contributed by atoms with Crippen molar-refractivity contribution in [1.82, 2.24) is 14.9 Å². The van der Waals surface area contributed by atoms with Crippen molar-refractivity contribution in [2.45, 2.75) is 56.5 Å². The highest BCUT2D eigenvalue weighted by molar-refractivity contribution is 9.10. The highest BCUT2D eigenvalue weighted by atomic mass is 79.9. The number of pyridine rings is 2. The summed E-state index contributed by atoms with van der Waals surface area (Å²) < 4.78 is 6.95. The summed E-state index contributed by atoms with van der Waals surface area (Å²) in [5.74, 6) is 0.958. The van der Waals surface area contributed by atoms with Crippen molar-refractivity contribution < 1.29 is 9.84 Å². The van der Waals surface area contributed by atoms with Crippen molar-refractivity contribution in [3.8, 4) is 5.88 Å². The van der Waals surface area contributed by atoms with E-state index in [0.29, 0.717) is 18.2 Å². The first-order chi connectivity index (χ1) is 18.4. The van der Waals surface area contributed by atoms with Gasteiger partial charge in [0, 0.05) is 39.5 Å². The Kier molecular flexibility index (Phi) is 8.32. The molecule has 2 heterocycles. The molecule has 2 aromatic heterocycles. The first-order valence-corrected chi connectivity index (χ1v) is 14.5. The molecule has 4 aromatic rings. The summed E-state index contributed by atoms with van der Waals surface area (Å²) in [7, 11) is 5.82. The summed E-state index contributed by atoms with van der Waals surface area (Å²) in [5, 5.41) is 15.1. The summed E-state index contributed by atoms with van der Waals surface area (Å²) >= 11 is 3.63. The largest absolute Gasteiger partial charge is 0.481 e. The molecule has 0 bridgehead atoms. The van der Waals surface area contributed by atoms with Crippen molar-refractivity contribution in [3.05, 3.63) is 76.4 Å². The molecule has 0 amide bonds. The van der Waals surface area contributed by atoms with Gasteiger partial charge in [0.1, 0.15) is 0 Å². The lowest BCUT2D eigenvalue weighted by Gasteiger charge is -2.41. The van der Waals surface area contributed by atoms with Gasteiger partial charge in [-0.2, -0.15) is 0 Å². The number of hydrogen-bond acceptors (Lipinski definition) is 5. The van der Waals surface area contributed by atoms with Gasteiger partial charge in [-0.05, 0) is 74.8 Å². The van der Waals surface area contributed by atoms with Crippen LogP contribution in [0.25, 0.3) is 21.8 Å². The minimum atomic E-state index is -1.14. The fourth-order valence-corrected chi connectivity index (χ4v) is 6.64. The van der Waals surface area contributed by atoms with Crippen LogP contribution < -0.4 is 4.74 Å². The SMILES string of the molecule is COc1nc2ccc(Br)cc2cc1C(CC1CCCCC1)C(O)(CCN(C)C)c1ccnc2ccccc12. The molecular formula is C32H38BrN3O2. The fraction of sp³-hybridized carbons (Fsp3) is 0.438. The summed E-state index contributed by atoms with van der Waals surface area (Å²) in [6.07, 6.45) is 9.53. The Morgan fingerprint density at radius 3 is 2.61 bits per heavy atom. The number of aliphatic hydroxyl groups is 1. The Bertz CT molecular complexity index is 1400. The number of nitrogens with zero attached hydrogens (tertiary/aromatic N) is 3. The zero-order valence-electron chi connectivity index (χ0n) is 22.7. The van der Waals surface area contributed by atoms with Crippen LogP contribution in [-0.4, -0.2) is 47.7 Å². The molecule has 6 heteroatoms. The van der Waals surface area contributed by atoms with Gasteiger partial charge in [0.2, 0.25) is 5.88 Å². The third kappa shape index (κ3) is 5.58. The van der Waals surface area contributed by atoms with E-state index >= 15 is 0 Å². The van der Waals surface area contributed by atoms with Crippen LogP contribution in [0, 0.1) is 5.92 Å². The molecule has 1 saturated carbocycles. The number of rotatable bonds is 9. The summed E-state index contributed by atoms with van der Waals surface area (Å²) in [5.41, 5.74) is 2.56. The molecule has 0 spiro atoms. The third-order valence-corrected chi connectivity index (χ3v) is 8.76. The average Bonchev–Trinajstić information content (AvgIpc) is 2.94. The zero-order valence-corrected chi connectivity index (χ0v) is 24.2. The zero-order chi connectivity index (χ0) is 26.7. The number of hydrogen-bond donors (Lipinski definition) is 1. The Morgan fingerprint density at radius 2 is 1.84 bits per heavy atom. The van der Waals surface area contributed by atoms with Crippen LogP contribution in [-0.2, 0) is 5.60 Å². The summed E-state index contributed by atoms with van der Waals surface area (Å²) in [4.78, 5) is 11.7. The predicted molar refractivity (Wildman–Crippen MR) is 159 cm³/mol. The molecular weight excluding hydrogens is 538 g/mol. The second kappa shape index (κ2) is 11.7. The molecule has 1 aliphatic carbocycles. The maximum Gasteiger partial charge on any atom is 0.217 e.